The summed E-state index contributed by atoms with van der Waals surface area (Å²) in [7, 11) is 0. The van der Waals surface area contributed by atoms with Gasteiger partial charge in [-0.25, -0.2) is 4.68 Å². The zero-order chi connectivity index (χ0) is 19.5. The van der Waals surface area contributed by atoms with Gasteiger partial charge in [-0.2, -0.15) is 0 Å². The quantitative estimate of drug-likeness (QED) is 0.470. The largest absolute Gasteiger partial charge is 0.325 e. The van der Waals surface area contributed by atoms with Gasteiger partial charge in [0.2, 0.25) is 11.1 Å². The molecule has 0 spiro atoms. The summed E-state index contributed by atoms with van der Waals surface area (Å²) in [6.07, 6.45) is 2.11. The van der Waals surface area contributed by atoms with Crippen LogP contribution in [0.1, 0.15) is 34.8 Å². The number of nitrogens with one attached hydrogen (secondary N) is 1. The molecule has 0 unspecified atom stereocenters. The number of aromatic nitrogens is 4. The number of carbonyl (C=O) groups excluding carboxylic acids is 2. The minimum atomic E-state index is -0.250. The number of halogens is 1. The van der Waals surface area contributed by atoms with Gasteiger partial charge in [-0.05, 0) is 41.5 Å². The second kappa shape index (κ2) is 8.12. The molecule has 0 aliphatic heterocycles. The predicted molar refractivity (Wildman–Crippen MR) is 107 cm³/mol. The molecule has 28 heavy (non-hydrogen) atoms. The molecule has 0 saturated heterocycles. The third-order valence-electron chi connectivity index (χ3n) is 4.22. The van der Waals surface area contributed by atoms with E-state index in [1.54, 1.807) is 47.1 Å². The van der Waals surface area contributed by atoms with Gasteiger partial charge in [0.05, 0.1) is 17.5 Å². The van der Waals surface area contributed by atoms with Gasteiger partial charge in [0.25, 0.3) is 0 Å². The van der Waals surface area contributed by atoms with E-state index in [4.69, 9.17) is 11.6 Å². The highest BCUT2D eigenvalue weighted by molar-refractivity contribution is 7.99. The standard InChI is InChI=1S/C19H16ClN5O2S/c20-13-6-9-16(15(10-13)18(27)12-4-2-1-3-5-12)21-17(26)11-28-19-22-23-24-25(19)14-7-8-14/h1-6,9-10,14H,7-8,11H2,(H,21,26). The molecule has 0 radical (unpaired) electrons. The molecule has 1 amide bonds. The van der Waals surface area contributed by atoms with Crippen LogP contribution in [0, 0.1) is 0 Å². The molecule has 7 nitrogen and oxygen atoms in total. The van der Waals surface area contributed by atoms with Crippen molar-refractivity contribution in [2.75, 3.05) is 11.1 Å². The van der Waals surface area contributed by atoms with Gasteiger partial charge in [-0.1, -0.05) is 53.7 Å². The van der Waals surface area contributed by atoms with Gasteiger partial charge in [-0.15, -0.1) is 5.10 Å². The maximum Gasteiger partial charge on any atom is 0.234 e. The zero-order valence-electron chi connectivity index (χ0n) is 14.7. The lowest BCUT2D eigenvalue weighted by atomic mass is 10.0. The summed E-state index contributed by atoms with van der Waals surface area (Å²) in [5.41, 5.74) is 1.30. The maximum atomic E-state index is 12.8. The highest BCUT2D eigenvalue weighted by Gasteiger charge is 2.28. The van der Waals surface area contributed by atoms with Crippen molar-refractivity contribution < 1.29 is 9.59 Å². The Labute approximate surface area is 170 Å². The average molecular weight is 414 g/mol. The van der Waals surface area contributed by atoms with Crippen molar-refractivity contribution >= 4 is 40.7 Å². The Bertz CT molecular complexity index is 1020. The van der Waals surface area contributed by atoms with E-state index >= 15 is 0 Å². The number of nitrogens with zero attached hydrogens (tertiary/aromatic N) is 4. The molecule has 142 valence electrons. The lowest BCUT2D eigenvalue weighted by Gasteiger charge is -2.11. The molecule has 0 bridgehead atoms. The molecule has 1 N–H and O–H groups in total. The van der Waals surface area contributed by atoms with Crippen molar-refractivity contribution in [3.05, 3.63) is 64.7 Å². The van der Waals surface area contributed by atoms with Crippen molar-refractivity contribution in [2.45, 2.75) is 24.0 Å². The molecular formula is C19H16ClN5O2S. The SMILES string of the molecule is O=C(CSc1nnnn1C1CC1)Nc1ccc(Cl)cc1C(=O)c1ccccc1. The summed E-state index contributed by atoms with van der Waals surface area (Å²) in [5, 5.41) is 15.5. The third kappa shape index (κ3) is 4.23. The van der Waals surface area contributed by atoms with E-state index in [1.807, 2.05) is 6.07 Å². The van der Waals surface area contributed by atoms with E-state index in [2.05, 4.69) is 20.8 Å². The molecule has 4 rings (SSSR count). The first-order valence-electron chi connectivity index (χ1n) is 8.71. The number of carbonyl (C=O) groups is 2. The van der Waals surface area contributed by atoms with Crippen LogP contribution in [0.2, 0.25) is 5.02 Å². The van der Waals surface area contributed by atoms with Crippen LogP contribution in [-0.2, 0) is 4.79 Å². The molecule has 1 saturated carbocycles. The normalized spacial score (nSPS) is 13.3. The average Bonchev–Trinajstić information content (AvgIpc) is 3.45. The lowest BCUT2D eigenvalue weighted by Crippen LogP contribution is -2.17. The molecule has 1 aliphatic carbocycles. The summed E-state index contributed by atoms with van der Waals surface area (Å²) >= 11 is 7.34. The maximum absolute atomic E-state index is 12.8. The van der Waals surface area contributed by atoms with E-state index in [0.29, 0.717) is 33.0 Å². The molecular weight excluding hydrogens is 398 g/mol. The molecule has 9 heteroatoms. The van der Waals surface area contributed by atoms with Crippen LogP contribution in [-0.4, -0.2) is 37.7 Å². The lowest BCUT2D eigenvalue weighted by molar-refractivity contribution is -0.113. The fourth-order valence-corrected chi connectivity index (χ4v) is 3.62. The van der Waals surface area contributed by atoms with Gasteiger partial charge in [0.15, 0.2) is 5.78 Å². The number of rotatable bonds is 7. The fraction of sp³-hybridized carbons (Fsp3) is 0.211. The van der Waals surface area contributed by atoms with Gasteiger partial charge in [0, 0.05) is 16.1 Å². The smallest absolute Gasteiger partial charge is 0.234 e. The van der Waals surface area contributed by atoms with Crippen LogP contribution in [0.4, 0.5) is 5.69 Å². The Morgan fingerprint density at radius 2 is 1.96 bits per heavy atom. The van der Waals surface area contributed by atoms with Crippen LogP contribution >= 0.6 is 23.4 Å². The highest BCUT2D eigenvalue weighted by atomic mass is 35.5. The summed E-state index contributed by atoms with van der Waals surface area (Å²) in [6.45, 7) is 0. The van der Waals surface area contributed by atoms with E-state index < -0.39 is 0 Å². The van der Waals surface area contributed by atoms with Crippen molar-refractivity contribution in [1.82, 2.24) is 20.2 Å². The Balaban J connectivity index is 1.47. The minimum Gasteiger partial charge on any atom is -0.325 e. The summed E-state index contributed by atoms with van der Waals surface area (Å²) in [5.74, 6) is -0.321. The summed E-state index contributed by atoms with van der Waals surface area (Å²) in [6, 6.07) is 14.0. The van der Waals surface area contributed by atoms with Gasteiger partial charge in [-0.3, -0.25) is 9.59 Å². The number of benzene rings is 2. The van der Waals surface area contributed by atoms with Crippen molar-refractivity contribution in [3.8, 4) is 0 Å². The number of thioether (sulfide) groups is 1. The Morgan fingerprint density at radius 1 is 1.18 bits per heavy atom. The van der Waals surface area contributed by atoms with E-state index in [0.717, 1.165) is 12.8 Å². The van der Waals surface area contributed by atoms with Gasteiger partial charge < -0.3 is 5.32 Å². The second-order valence-electron chi connectivity index (χ2n) is 6.36. The molecule has 2 aromatic carbocycles. The van der Waals surface area contributed by atoms with E-state index in [1.165, 1.54) is 11.8 Å². The number of anilines is 1. The number of amides is 1. The van der Waals surface area contributed by atoms with E-state index in [-0.39, 0.29) is 17.4 Å². The molecule has 1 aromatic heterocycles. The monoisotopic (exact) mass is 413 g/mol. The number of tetrazole rings is 1. The Hall–Kier alpha value is -2.71. The van der Waals surface area contributed by atoms with Crippen molar-refractivity contribution in [2.24, 2.45) is 0 Å². The molecule has 1 fully saturated rings. The van der Waals surface area contributed by atoms with Crippen LogP contribution in [0.25, 0.3) is 0 Å². The van der Waals surface area contributed by atoms with E-state index in [9.17, 15) is 9.59 Å². The summed E-state index contributed by atoms with van der Waals surface area (Å²) in [4.78, 5) is 25.3. The molecule has 1 aliphatic rings. The van der Waals surface area contributed by atoms with Crippen molar-refractivity contribution in [1.29, 1.82) is 0 Å². The van der Waals surface area contributed by atoms with Crippen LogP contribution in [0.5, 0.6) is 0 Å². The first-order valence-corrected chi connectivity index (χ1v) is 10.1. The molecule has 0 atom stereocenters. The Morgan fingerprint density at radius 3 is 2.71 bits per heavy atom. The highest BCUT2D eigenvalue weighted by Crippen LogP contribution is 2.36. The topological polar surface area (TPSA) is 89.8 Å². The second-order valence-corrected chi connectivity index (χ2v) is 7.74. The minimum absolute atomic E-state index is 0.134. The van der Waals surface area contributed by atoms with Gasteiger partial charge >= 0.3 is 0 Å². The van der Waals surface area contributed by atoms with Crippen LogP contribution < -0.4 is 5.32 Å². The van der Waals surface area contributed by atoms with Crippen LogP contribution in [0.3, 0.4) is 0 Å². The van der Waals surface area contributed by atoms with Gasteiger partial charge in [0.1, 0.15) is 0 Å². The predicted octanol–water partition coefficient (Wildman–Crippen LogP) is 3.62. The fourth-order valence-electron chi connectivity index (χ4n) is 2.70. The number of hydrogen-bond donors (Lipinski definition) is 1. The van der Waals surface area contributed by atoms with Crippen molar-refractivity contribution in [3.63, 3.8) is 0 Å². The number of ketones is 1. The first-order chi connectivity index (χ1) is 13.6. The zero-order valence-corrected chi connectivity index (χ0v) is 16.3. The molecule has 3 aromatic rings. The molecule has 1 heterocycles. The first kappa shape index (κ1) is 18.6. The number of hydrogen-bond acceptors (Lipinski definition) is 6. The van der Waals surface area contributed by atoms with Crippen LogP contribution in [0.15, 0.2) is 53.7 Å². The summed E-state index contributed by atoms with van der Waals surface area (Å²) < 4.78 is 1.75. The Kier molecular flexibility index (Phi) is 5.40. The third-order valence-corrected chi connectivity index (χ3v) is 5.39.